The van der Waals surface area contributed by atoms with E-state index in [9.17, 15) is 0 Å². The Bertz CT molecular complexity index is 598. The average Bonchev–Trinajstić information content (AvgIpc) is 3.18. The Morgan fingerprint density at radius 3 is 2.67 bits per heavy atom. The second-order valence-corrected chi connectivity index (χ2v) is 6.47. The third-order valence-corrected chi connectivity index (χ3v) is 4.85. The SMILES string of the molecule is CCC1(c2nc(C(C)(C)c3ccccc3)no2)CCNC1. The van der Waals surface area contributed by atoms with Crippen molar-refractivity contribution < 1.29 is 4.52 Å². The van der Waals surface area contributed by atoms with Crippen LogP contribution in [0.15, 0.2) is 34.9 Å². The summed E-state index contributed by atoms with van der Waals surface area (Å²) in [6.45, 7) is 8.43. The minimum Gasteiger partial charge on any atom is -0.339 e. The topological polar surface area (TPSA) is 51.0 Å². The number of rotatable bonds is 4. The van der Waals surface area contributed by atoms with Gasteiger partial charge in [-0.2, -0.15) is 4.98 Å². The zero-order valence-electron chi connectivity index (χ0n) is 13.0. The Morgan fingerprint density at radius 2 is 2.05 bits per heavy atom. The van der Waals surface area contributed by atoms with Crippen molar-refractivity contribution in [2.45, 2.75) is 44.4 Å². The molecule has 2 aromatic rings. The van der Waals surface area contributed by atoms with Gasteiger partial charge in [-0.1, -0.05) is 42.4 Å². The molecule has 1 atom stereocenters. The molecule has 0 amide bonds. The molecule has 0 radical (unpaired) electrons. The molecule has 1 N–H and O–H groups in total. The molecule has 21 heavy (non-hydrogen) atoms. The van der Waals surface area contributed by atoms with Gasteiger partial charge in [-0.3, -0.25) is 0 Å². The predicted octanol–water partition coefficient (Wildman–Crippen LogP) is 3.04. The first-order valence-corrected chi connectivity index (χ1v) is 7.69. The zero-order chi connectivity index (χ0) is 14.9. The van der Waals surface area contributed by atoms with Gasteiger partial charge in [-0.15, -0.1) is 0 Å². The Balaban J connectivity index is 1.95. The van der Waals surface area contributed by atoms with E-state index in [2.05, 4.69) is 43.4 Å². The standard InChI is InChI=1S/C17H23N3O/c1-4-17(10-11-18-12-17)15-19-14(20-21-15)16(2,3)13-8-6-5-7-9-13/h5-9,18H,4,10-12H2,1-3H3. The fraction of sp³-hybridized carbons (Fsp3) is 0.529. The van der Waals surface area contributed by atoms with Crippen molar-refractivity contribution in [1.82, 2.24) is 15.5 Å². The highest BCUT2D eigenvalue weighted by atomic mass is 16.5. The van der Waals surface area contributed by atoms with Gasteiger partial charge in [0.15, 0.2) is 5.82 Å². The van der Waals surface area contributed by atoms with Crippen LogP contribution in [0.4, 0.5) is 0 Å². The van der Waals surface area contributed by atoms with Gasteiger partial charge in [-0.25, -0.2) is 0 Å². The average molecular weight is 285 g/mol. The van der Waals surface area contributed by atoms with E-state index in [4.69, 9.17) is 9.51 Å². The summed E-state index contributed by atoms with van der Waals surface area (Å²) < 4.78 is 5.65. The summed E-state index contributed by atoms with van der Waals surface area (Å²) in [6.07, 6.45) is 2.09. The Kier molecular flexibility index (Phi) is 3.57. The molecule has 1 aromatic carbocycles. The molecule has 4 heteroatoms. The first-order valence-electron chi connectivity index (χ1n) is 7.69. The van der Waals surface area contributed by atoms with Crippen molar-refractivity contribution in [2.24, 2.45) is 0 Å². The molecule has 0 saturated carbocycles. The van der Waals surface area contributed by atoms with E-state index in [-0.39, 0.29) is 10.8 Å². The van der Waals surface area contributed by atoms with Crippen LogP contribution < -0.4 is 5.32 Å². The number of benzene rings is 1. The number of aromatic nitrogens is 2. The zero-order valence-corrected chi connectivity index (χ0v) is 13.0. The van der Waals surface area contributed by atoms with Crippen LogP contribution >= 0.6 is 0 Å². The molecular formula is C17H23N3O. The Hall–Kier alpha value is -1.68. The van der Waals surface area contributed by atoms with Crippen molar-refractivity contribution in [3.8, 4) is 0 Å². The smallest absolute Gasteiger partial charge is 0.234 e. The summed E-state index contributed by atoms with van der Waals surface area (Å²) in [6, 6.07) is 10.3. The maximum atomic E-state index is 5.65. The first-order chi connectivity index (χ1) is 10.1. The van der Waals surface area contributed by atoms with E-state index in [1.807, 2.05) is 18.2 Å². The molecule has 1 aliphatic rings. The van der Waals surface area contributed by atoms with Crippen molar-refractivity contribution in [2.75, 3.05) is 13.1 Å². The number of hydrogen-bond donors (Lipinski definition) is 1. The molecule has 112 valence electrons. The predicted molar refractivity (Wildman–Crippen MR) is 82.3 cm³/mol. The lowest BCUT2D eigenvalue weighted by atomic mass is 9.82. The lowest BCUT2D eigenvalue weighted by Gasteiger charge is -2.22. The van der Waals surface area contributed by atoms with Gasteiger partial charge in [0.05, 0.1) is 10.8 Å². The minimum atomic E-state index is -0.246. The largest absolute Gasteiger partial charge is 0.339 e. The Labute approximate surface area is 126 Å². The fourth-order valence-corrected chi connectivity index (χ4v) is 3.06. The molecule has 0 spiro atoms. The van der Waals surface area contributed by atoms with E-state index in [1.165, 1.54) is 5.56 Å². The van der Waals surface area contributed by atoms with E-state index in [0.29, 0.717) is 0 Å². The highest BCUT2D eigenvalue weighted by molar-refractivity contribution is 5.30. The van der Waals surface area contributed by atoms with Gasteiger partial charge >= 0.3 is 0 Å². The lowest BCUT2D eigenvalue weighted by molar-refractivity contribution is 0.282. The third-order valence-electron chi connectivity index (χ3n) is 4.85. The lowest BCUT2D eigenvalue weighted by Crippen LogP contribution is -2.29. The van der Waals surface area contributed by atoms with Gasteiger partial charge in [0.1, 0.15) is 0 Å². The van der Waals surface area contributed by atoms with Crippen molar-refractivity contribution in [3.63, 3.8) is 0 Å². The third kappa shape index (κ3) is 2.38. The first kappa shape index (κ1) is 14.3. The highest BCUT2D eigenvalue weighted by Gasteiger charge is 2.40. The Morgan fingerprint density at radius 1 is 1.29 bits per heavy atom. The quantitative estimate of drug-likeness (QED) is 0.938. The van der Waals surface area contributed by atoms with Crippen LogP contribution in [0.25, 0.3) is 0 Å². The van der Waals surface area contributed by atoms with Crippen molar-refractivity contribution in [3.05, 3.63) is 47.6 Å². The summed E-state index contributed by atoms with van der Waals surface area (Å²) in [7, 11) is 0. The summed E-state index contributed by atoms with van der Waals surface area (Å²) in [4.78, 5) is 4.77. The second kappa shape index (κ2) is 5.26. The van der Waals surface area contributed by atoms with Gasteiger partial charge in [-0.05, 0) is 38.8 Å². The van der Waals surface area contributed by atoms with Crippen LogP contribution in [0.2, 0.25) is 0 Å². The second-order valence-electron chi connectivity index (χ2n) is 6.47. The van der Waals surface area contributed by atoms with Crippen LogP contribution in [-0.2, 0) is 10.8 Å². The summed E-state index contributed by atoms with van der Waals surface area (Å²) in [5.41, 5.74) is 0.967. The normalized spacial score (nSPS) is 22.6. The summed E-state index contributed by atoms with van der Waals surface area (Å²) in [5, 5.41) is 7.70. The molecule has 0 aliphatic carbocycles. The van der Waals surface area contributed by atoms with Gasteiger partial charge < -0.3 is 9.84 Å². The number of hydrogen-bond acceptors (Lipinski definition) is 4. The van der Waals surface area contributed by atoms with Crippen LogP contribution in [0, 0.1) is 0 Å². The fourth-order valence-electron chi connectivity index (χ4n) is 3.06. The maximum Gasteiger partial charge on any atom is 0.234 e. The van der Waals surface area contributed by atoms with E-state index < -0.39 is 0 Å². The number of nitrogens with one attached hydrogen (secondary N) is 1. The van der Waals surface area contributed by atoms with Gasteiger partial charge in [0.25, 0.3) is 0 Å². The maximum absolute atomic E-state index is 5.65. The number of nitrogens with zero attached hydrogens (tertiary/aromatic N) is 2. The van der Waals surface area contributed by atoms with Crippen molar-refractivity contribution in [1.29, 1.82) is 0 Å². The molecule has 4 nitrogen and oxygen atoms in total. The minimum absolute atomic E-state index is 0.0119. The molecule has 2 heterocycles. The van der Waals surface area contributed by atoms with Gasteiger partial charge in [0.2, 0.25) is 5.89 Å². The molecule has 1 unspecified atom stereocenters. The molecule has 0 bridgehead atoms. The molecule has 3 rings (SSSR count). The molecule has 1 aliphatic heterocycles. The summed E-state index contributed by atoms with van der Waals surface area (Å²) >= 11 is 0. The van der Waals surface area contributed by atoms with E-state index in [0.717, 1.165) is 37.6 Å². The van der Waals surface area contributed by atoms with Crippen LogP contribution in [0.3, 0.4) is 0 Å². The van der Waals surface area contributed by atoms with Crippen molar-refractivity contribution >= 4 is 0 Å². The molecule has 1 aromatic heterocycles. The molecular weight excluding hydrogens is 262 g/mol. The van der Waals surface area contributed by atoms with Crippen LogP contribution in [0.1, 0.15) is 50.9 Å². The van der Waals surface area contributed by atoms with E-state index >= 15 is 0 Å². The summed E-state index contributed by atoms with van der Waals surface area (Å²) in [5.74, 6) is 1.55. The highest BCUT2D eigenvalue weighted by Crippen LogP contribution is 2.35. The van der Waals surface area contributed by atoms with Gasteiger partial charge in [0, 0.05) is 6.54 Å². The monoisotopic (exact) mass is 285 g/mol. The van der Waals surface area contributed by atoms with E-state index in [1.54, 1.807) is 0 Å². The molecule has 1 fully saturated rings. The van der Waals surface area contributed by atoms with Crippen LogP contribution in [0.5, 0.6) is 0 Å². The molecule has 1 saturated heterocycles. The van der Waals surface area contributed by atoms with Crippen LogP contribution in [-0.4, -0.2) is 23.2 Å².